The number of likely N-dealkylation sites (N-methyl/N-ethyl adjacent to an activating group) is 2. The maximum Gasteiger partial charge on any atom is 0.0166 e. The average molecular weight is 214 g/mol. The van der Waals surface area contributed by atoms with Crippen LogP contribution in [0.3, 0.4) is 0 Å². The minimum atomic E-state index is 0.615. The Morgan fingerprint density at radius 1 is 1.00 bits per heavy atom. The third kappa shape index (κ3) is 6.91. The van der Waals surface area contributed by atoms with Crippen LogP contribution in [0.15, 0.2) is 0 Å². The average Bonchev–Trinajstić information content (AvgIpc) is 2.24. The van der Waals surface area contributed by atoms with Crippen molar-refractivity contribution in [1.82, 2.24) is 10.2 Å². The molecule has 0 saturated heterocycles. The van der Waals surface area contributed by atoms with Gasteiger partial charge in [-0.15, -0.1) is 0 Å². The third-order valence-electron chi connectivity index (χ3n) is 3.20. The molecule has 1 unspecified atom stereocenters. The van der Waals surface area contributed by atoms with Gasteiger partial charge in [-0.05, 0) is 25.9 Å². The maximum atomic E-state index is 3.48. The van der Waals surface area contributed by atoms with E-state index in [9.17, 15) is 0 Å². The van der Waals surface area contributed by atoms with E-state index < -0.39 is 0 Å². The third-order valence-corrected chi connectivity index (χ3v) is 3.20. The number of rotatable bonds is 9. The highest BCUT2D eigenvalue weighted by atomic mass is 15.1. The monoisotopic (exact) mass is 214 g/mol. The molecule has 2 heteroatoms. The second-order valence-electron chi connectivity index (χ2n) is 4.49. The minimum Gasteiger partial charge on any atom is -0.313 e. The highest BCUT2D eigenvalue weighted by molar-refractivity contribution is 4.69. The molecule has 0 bridgehead atoms. The lowest BCUT2D eigenvalue weighted by Crippen LogP contribution is -2.41. The molecule has 0 amide bonds. The highest BCUT2D eigenvalue weighted by Gasteiger charge is 2.12. The van der Waals surface area contributed by atoms with E-state index >= 15 is 0 Å². The van der Waals surface area contributed by atoms with Crippen LogP contribution in [-0.4, -0.2) is 37.1 Å². The number of nitrogens with one attached hydrogen (secondary N) is 1. The quantitative estimate of drug-likeness (QED) is 0.635. The zero-order valence-electron chi connectivity index (χ0n) is 11.3. The molecular weight excluding hydrogens is 184 g/mol. The zero-order valence-corrected chi connectivity index (χ0v) is 11.3. The number of nitrogens with zero attached hydrogens (tertiary/aromatic N) is 1. The lowest BCUT2D eigenvalue weighted by atomic mass is 10.0. The highest BCUT2D eigenvalue weighted by Crippen LogP contribution is 2.09. The Kier molecular flexibility index (Phi) is 9.12. The van der Waals surface area contributed by atoms with Crippen molar-refractivity contribution >= 4 is 0 Å². The molecule has 0 aromatic heterocycles. The van der Waals surface area contributed by atoms with E-state index in [0.717, 1.165) is 12.5 Å². The van der Waals surface area contributed by atoms with E-state index in [1.54, 1.807) is 0 Å². The second kappa shape index (κ2) is 9.17. The van der Waals surface area contributed by atoms with Gasteiger partial charge >= 0.3 is 0 Å². The van der Waals surface area contributed by atoms with Gasteiger partial charge < -0.3 is 10.2 Å². The predicted octanol–water partition coefficient (Wildman–Crippen LogP) is 2.74. The molecule has 0 spiro atoms. The molecule has 0 fully saturated rings. The summed E-state index contributed by atoms with van der Waals surface area (Å²) in [5.41, 5.74) is 0. The van der Waals surface area contributed by atoms with Crippen LogP contribution < -0.4 is 5.32 Å². The Morgan fingerprint density at radius 2 is 1.60 bits per heavy atom. The Morgan fingerprint density at radius 3 is 2.00 bits per heavy atom. The number of hydrogen-bond acceptors (Lipinski definition) is 2. The van der Waals surface area contributed by atoms with Gasteiger partial charge in [0, 0.05) is 19.1 Å². The van der Waals surface area contributed by atoms with Crippen molar-refractivity contribution in [2.24, 2.45) is 5.92 Å². The maximum absolute atomic E-state index is 3.48. The molecule has 0 aliphatic carbocycles. The lowest BCUT2D eigenvalue weighted by molar-refractivity contribution is 0.215. The van der Waals surface area contributed by atoms with Crippen molar-refractivity contribution in [2.75, 3.05) is 26.2 Å². The molecule has 1 atom stereocenters. The van der Waals surface area contributed by atoms with Crippen LogP contribution >= 0.6 is 0 Å². The summed E-state index contributed by atoms with van der Waals surface area (Å²) in [5.74, 6) is 0.874. The molecule has 0 aliphatic rings. The summed E-state index contributed by atoms with van der Waals surface area (Å²) >= 11 is 0. The minimum absolute atomic E-state index is 0.615. The van der Waals surface area contributed by atoms with E-state index in [0.29, 0.717) is 6.04 Å². The molecule has 0 aromatic carbocycles. The van der Waals surface area contributed by atoms with E-state index in [1.807, 2.05) is 0 Å². The van der Waals surface area contributed by atoms with E-state index in [4.69, 9.17) is 0 Å². The van der Waals surface area contributed by atoms with Crippen molar-refractivity contribution in [3.05, 3.63) is 0 Å². The Hall–Kier alpha value is -0.0800. The van der Waals surface area contributed by atoms with Crippen molar-refractivity contribution in [2.45, 2.75) is 53.5 Å². The van der Waals surface area contributed by atoms with Crippen molar-refractivity contribution in [3.8, 4) is 0 Å². The summed E-state index contributed by atoms with van der Waals surface area (Å²) in [6, 6.07) is 0.615. The number of hydrogen-bond donors (Lipinski definition) is 1. The van der Waals surface area contributed by atoms with Crippen molar-refractivity contribution in [1.29, 1.82) is 0 Å². The van der Waals surface area contributed by atoms with Gasteiger partial charge in [-0.25, -0.2) is 0 Å². The van der Waals surface area contributed by atoms with Gasteiger partial charge in [0.2, 0.25) is 0 Å². The summed E-state index contributed by atoms with van der Waals surface area (Å²) in [6.07, 6.45) is 2.62. The van der Waals surface area contributed by atoms with Crippen LogP contribution in [0, 0.1) is 5.92 Å². The van der Waals surface area contributed by atoms with Gasteiger partial charge in [-0.1, -0.05) is 40.5 Å². The van der Waals surface area contributed by atoms with Crippen LogP contribution in [-0.2, 0) is 0 Å². The fraction of sp³-hybridized carbons (Fsp3) is 1.00. The lowest BCUT2D eigenvalue weighted by Gasteiger charge is -2.28. The Labute approximate surface area is 96.4 Å². The largest absolute Gasteiger partial charge is 0.313 e. The van der Waals surface area contributed by atoms with Crippen LogP contribution in [0.1, 0.15) is 47.5 Å². The summed E-state index contributed by atoms with van der Waals surface area (Å²) in [5, 5.41) is 3.48. The van der Waals surface area contributed by atoms with Gasteiger partial charge in [0.1, 0.15) is 0 Å². The van der Waals surface area contributed by atoms with Gasteiger partial charge in [0.05, 0.1) is 0 Å². The van der Waals surface area contributed by atoms with Gasteiger partial charge in [0.15, 0.2) is 0 Å². The molecular formula is C13H30N2. The summed E-state index contributed by atoms with van der Waals surface area (Å²) in [7, 11) is 0. The first-order valence-electron chi connectivity index (χ1n) is 6.63. The normalized spacial score (nSPS) is 13.8. The first-order chi connectivity index (χ1) is 7.17. The molecule has 1 N–H and O–H groups in total. The van der Waals surface area contributed by atoms with E-state index in [2.05, 4.69) is 44.8 Å². The fourth-order valence-electron chi connectivity index (χ4n) is 2.05. The molecule has 15 heavy (non-hydrogen) atoms. The van der Waals surface area contributed by atoms with Crippen LogP contribution in [0.5, 0.6) is 0 Å². The second-order valence-corrected chi connectivity index (χ2v) is 4.49. The van der Waals surface area contributed by atoms with E-state index in [1.165, 1.54) is 32.5 Å². The zero-order chi connectivity index (χ0) is 11.7. The SMILES string of the molecule is CCNC(C)CN(CC)CC(CC)CC. The Balaban J connectivity index is 3.90. The van der Waals surface area contributed by atoms with Crippen molar-refractivity contribution in [3.63, 3.8) is 0 Å². The molecule has 0 radical (unpaired) electrons. The van der Waals surface area contributed by atoms with Crippen molar-refractivity contribution < 1.29 is 0 Å². The predicted molar refractivity (Wildman–Crippen MR) is 69.3 cm³/mol. The van der Waals surface area contributed by atoms with Gasteiger partial charge in [0.25, 0.3) is 0 Å². The first kappa shape index (κ1) is 14.9. The summed E-state index contributed by atoms with van der Waals surface area (Å²) < 4.78 is 0. The van der Waals surface area contributed by atoms with Crippen LogP contribution in [0.25, 0.3) is 0 Å². The van der Waals surface area contributed by atoms with E-state index in [-0.39, 0.29) is 0 Å². The fourth-order valence-corrected chi connectivity index (χ4v) is 2.05. The molecule has 92 valence electrons. The van der Waals surface area contributed by atoms with Crippen LogP contribution in [0.2, 0.25) is 0 Å². The topological polar surface area (TPSA) is 15.3 Å². The molecule has 0 saturated carbocycles. The molecule has 2 nitrogen and oxygen atoms in total. The molecule has 0 heterocycles. The smallest absolute Gasteiger partial charge is 0.0166 e. The molecule has 0 rings (SSSR count). The summed E-state index contributed by atoms with van der Waals surface area (Å²) in [4.78, 5) is 2.57. The Bertz CT molecular complexity index is 132. The first-order valence-corrected chi connectivity index (χ1v) is 6.63. The molecule has 0 aliphatic heterocycles. The summed E-state index contributed by atoms with van der Waals surface area (Å²) in [6.45, 7) is 16.0. The van der Waals surface area contributed by atoms with Gasteiger partial charge in [-0.3, -0.25) is 0 Å². The van der Waals surface area contributed by atoms with Crippen LogP contribution in [0.4, 0.5) is 0 Å². The standard InChI is InChI=1S/C13H30N2/c1-6-13(7-2)11-15(9-4)10-12(5)14-8-3/h12-14H,6-11H2,1-5H3. The molecule has 0 aromatic rings. The van der Waals surface area contributed by atoms with Gasteiger partial charge in [-0.2, -0.15) is 0 Å².